The number of nitrogens with two attached hydrogens (primary N) is 1. The largest absolute Gasteiger partial charge is 0.374 e. The topological polar surface area (TPSA) is 51.8 Å². The molecule has 6 heteroatoms. The van der Waals surface area contributed by atoms with Gasteiger partial charge in [0.2, 0.25) is 0 Å². The van der Waals surface area contributed by atoms with E-state index in [1.54, 1.807) is 0 Å². The molecule has 0 bridgehead atoms. The van der Waals surface area contributed by atoms with E-state index < -0.39 is 0 Å². The quantitative estimate of drug-likeness (QED) is 0.870. The monoisotopic (exact) mass is 247 g/mol. The molecule has 1 fully saturated rings. The first-order valence-electron chi connectivity index (χ1n) is 4.63. The van der Waals surface area contributed by atoms with Crippen molar-refractivity contribution < 1.29 is 0 Å². The van der Waals surface area contributed by atoms with Crippen LogP contribution in [-0.4, -0.2) is 26.1 Å². The molecule has 0 aliphatic carbocycles. The fourth-order valence-corrected chi connectivity index (χ4v) is 5.04. The summed E-state index contributed by atoms with van der Waals surface area (Å²) in [6.45, 7) is 2.23. The van der Waals surface area contributed by atoms with Gasteiger partial charge < -0.3 is 5.73 Å². The highest BCUT2D eigenvalue weighted by molar-refractivity contribution is 8.06. The van der Waals surface area contributed by atoms with Crippen LogP contribution >= 0.6 is 35.1 Å². The molecule has 1 saturated heterocycles. The molecule has 0 aromatic carbocycles. The predicted molar refractivity (Wildman–Crippen MR) is 66.1 cm³/mol. The van der Waals surface area contributed by atoms with Crippen molar-refractivity contribution in [1.29, 1.82) is 0 Å². The maximum absolute atomic E-state index is 5.60. The second-order valence-electron chi connectivity index (χ2n) is 3.10. The molecular weight excluding hydrogens is 234 g/mol. The summed E-state index contributed by atoms with van der Waals surface area (Å²) in [4.78, 5) is 4.28. The second-order valence-corrected chi connectivity index (χ2v) is 6.48. The number of nitrogens with zero attached hydrogens (tertiary/aromatic N) is 2. The van der Waals surface area contributed by atoms with Crippen molar-refractivity contribution in [3.63, 3.8) is 0 Å². The third kappa shape index (κ3) is 2.17. The first kappa shape index (κ1) is 10.6. The van der Waals surface area contributed by atoms with Gasteiger partial charge in [-0.15, -0.1) is 11.8 Å². The Hall–Kier alpha value is 0.0600. The molecule has 0 saturated carbocycles. The molecule has 0 spiro atoms. The molecule has 2 unspecified atom stereocenters. The van der Waals surface area contributed by atoms with Crippen LogP contribution in [0.15, 0.2) is 0 Å². The molecule has 3 nitrogen and oxygen atoms in total. The molecule has 2 rings (SSSR count). The number of nitrogen functional groups attached to an aromatic ring is 1. The van der Waals surface area contributed by atoms with Gasteiger partial charge in [0.25, 0.3) is 0 Å². The van der Waals surface area contributed by atoms with Crippen LogP contribution in [0, 0.1) is 0 Å². The lowest BCUT2D eigenvalue weighted by atomic mass is 10.2. The fourth-order valence-electron chi connectivity index (χ4n) is 1.50. The molecular formula is C8H13N3S3. The van der Waals surface area contributed by atoms with Gasteiger partial charge >= 0.3 is 0 Å². The molecule has 2 N–H and O–H groups in total. The van der Waals surface area contributed by atoms with Crippen LogP contribution in [-0.2, 0) is 0 Å². The summed E-state index contributed by atoms with van der Waals surface area (Å²) in [6.07, 6.45) is 1.18. The Labute approximate surface area is 96.4 Å². The Morgan fingerprint density at radius 3 is 2.86 bits per heavy atom. The second kappa shape index (κ2) is 4.72. The number of anilines is 1. The standard InChI is InChI=1S/C8H13N3S3/c1-2-5-6(13-4-3-12-5)7-10-8(9)14-11-7/h5-6H,2-4H2,1H3,(H2,9,10,11). The summed E-state index contributed by atoms with van der Waals surface area (Å²) in [5, 5.41) is 1.70. The number of rotatable bonds is 2. The van der Waals surface area contributed by atoms with Crippen molar-refractivity contribution in [2.75, 3.05) is 17.2 Å². The van der Waals surface area contributed by atoms with E-state index in [2.05, 4.69) is 16.3 Å². The molecule has 0 radical (unpaired) electrons. The third-order valence-electron chi connectivity index (χ3n) is 2.16. The van der Waals surface area contributed by atoms with Crippen molar-refractivity contribution in [3.05, 3.63) is 5.82 Å². The highest BCUT2D eigenvalue weighted by atomic mass is 32.2. The Kier molecular flexibility index (Phi) is 3.57. The van der Waals surface area contributed by atoms with E-state index in [1.165, 1.54) is 29.5 Å². The van der Waals surface area contributed by atoms with Gasteiger partial charge in [-0.2, -0.15) is 16.1 Å². The molecule has 1 aromatic heterocycles. The fraction of sp³-hybridized carbons (Fsp3) is 0.750. The van der Waals surface area contributed by atoms with Crippen molar-refractivity contribution in [3.8, 4) is 0 Å². The predicted octanol–water partition coefficient (Wildman–Crippen LogP) is 2.42. The van der Waals surface area contributed by atoms with E-state index in [4.69, 9.17) is 5.73 Å². The van der Waals surface area contributed by atoms with Gasteiger partial charge in [0.15, 0.2) is 11.0 Å². The molecule has 2 heterocycles. The Bertz CT molecular complexity index is 302. The number of aromatic nitrogens is 2. The summed E-state index contributed by atoms with van der Waals surface area (Å²) in [5.41, 5.74) is 5.60. The Morgan fingerprint density at radius 2 is 2.21 bits per heavy atom. The highest BCUT2D eigenvalue weighted by Crippen LogP contribution is 2.43. The van der Waals surface area contributed by atoms with Gasteiger partial charge in [-0.1, -0.05) is 6.92 Å². The van der Waals surface area contributed by atoms with E-state index in [0.29, 0.717) is 15.6 Å². The van der Waals surface area contributed by atoms with Crippen LogP contribution in [0.2, 0.25) is 0 Å². The average Bonchev–Trinajstić information content (AvgIpc) is 2.65. The van der Waals surface area contributed by atoms with E-state index in [9.17, 15) is 0 Å². The Morgan fingerprint density at radius 1 is 1.43 bits per heavy atom. The van der Waals surface area contributed by atoms with Crippen molar-refractivity contribution in [2.24, 2.45) is 0 Å². The van der Waals surface area contributed by atoms with Gasteiger partial charge in [0.05, 0.1) is 5.25 Å². The smallest absolute Gasteiger partial charge is 0.199 e. The van der Waals surface area contributed by atoms with E-state index in [0.717, 1.165) is 5.82 Å². The first-order chi connectivity index (χ1) is 6.81. The maximum atomic E-state index is 5.60. The van der Waals surface area contributed by atoms with Gasteiger partial charge in [-0.05, 0) is 6.42 Å². The van der Waals surface area contributed by atoms with E-state index >= 15 is 0 Å². The SMILES string of the molecule is CCC1SCCSC1c1nsc(N)n1. The van der Waals surface area contributed by atoms with E-state index in [-0.39, 0.29) is 0 Å². The molecule has 78 valence electrons. The molecule has 1 aliphatic rings. The molecule has 14 heavy (non-hydrogen) atoms. The van der Waals surface area contributed by atoms with Crippen LogP contribution < -0.4 is 5.73 Å². The van der Waals surface area contributed by atoms with Gasteiger partial charge in [-0.3, -0.25) is 0 Å². The summed E-state index contributed by atoms with van der Waals surface area (Å²) >= 11 is 5.31. The van der Waals surface area contributed by atoms with Gasteiger partial charge in [0.1, 0.15) is 0 Å². The minimum atomic E-state index is 0.451. The van der Waals surface area contributed by atoms with Crippen LogP contribution in [0.3, 0.4) is 0 Å². The summed E-state index contributed by atoms with van der Waals surface area (Å²) in [7, 11) is 0. The lowest BCUT2D eigenvalue weighted by Gasteiger charge is -2.27. The molecule has 1 aromatic rings. The lowest BCUT2D eigenvalue weighted by Crippen LogP contribution is -2.19. The van der Waals surface area contributed by atoms with Crippen LogP contribution in [0.4, 0.5) is 5.13 Å². The third-order valence-corrected chi connectivity index (χ3v) is 5.96. The van der Waals surface area contributed by atoms with E-state index in [1.807, 2.05) is 23.5 Å². The zero-order chi connectivity index (χ0) is 9.97. The summed E-state index contributed by atoms with van der Waals surface area (Å²) in [5.74, 6) is 3.39. The molecule has 1 aliphatic heterocycles. The highest BCUT2D eigenvalue weighted by Gasteiger charge is 2.29. The van der Waals surface area contributed by atoms with Crippen molar-refractivity contribution >= 4 is 40.2 Å². The molecule has 2 atom stereocenters. The zero-order valence-corrected chi connectivity index (χ0v) is 10.4. The molecule has 0 amide bonds. The minimum absolute atomic E-state index is 0.451. The minimum Gasteiger partial charge on any atom is -0.374 e. The summed E-state index contributed by atoms with van der Waals surface area (Å²) < 4.78 is 4.31. The number of hydrogen-bond donors (Lipinski definition) is 1. The Balaban J connectivity index is 2.14. The lowest BCUT2D eigenvalue weighted by molar-refractivity contribution is 0.763. The van der Waals surface area contributed by atoms with Gasteiger partial charge in [-0.25, -0.2) is 4.98 Å². The maximum Gasteiger partial charge on any atom is 0.199 e. The average molecular weight is 247 g/mol. The number of hydrogen-bond acceptors (Lipinski definition) is 6. The zero-order valence-electron chi connectivity index (χ0n) is 7.97. The van der Waals surface area contributed by atoms with Crippen molar-refractivity contribution in [1.82, 2.24) is 9.36 Å². The summed E-state index contributed by atoms with van der Waals surface area (Å²) in [6, 6.07) is 0. The van der Waals surface area contributed by atoms with Crippen LogP contribution in [0.25, 0.3) is 0 Å². The number of thioether (sulfide) groups is 2. The van der Waals surface area contributed by atoms with Gasteiger partial charge in [0, 0.05) is 28.3 Å². The van der Waals surface area contributed by atoms with Crippen LogP contribution in [0.5, 0.6) is 0 Å². The first-order valence-corrected chi connectivity index (χ1v) is 7.50. The van der Waals surface area contributed by atoms with Crippen molar-refractivity contribution in [2.45, 2.75) is 23.8 Å². The van der Waals surface area contributed by atoms with Crippen LogP contribution in [0.1, 0.15) is 24.4 Å². The normalized spacial score (nSPS) is 27.8.